The summed E-state index contributed by atoms with van der Waals surface area (Å²) in [7, 11) is 1.44. The van der Waals surface area contributed by atoms with Crippen LogP contribution in [-0.4, -0.2) is 6.61 Å². The highest BCUT2D eigenvalue weighted by Crippen LogP contribution is 2.25. The smallest absolute Gasteiger partial charge is 0.120 e. The molecule has 0 aliphatic heterocycles. The Bertz CT molecular complexity index is 397. The lowest BCUT2D eigenvalue weighted by atomic mass is 10.0. The molecule has 0 fully saturated rings. The molecule has 19 heavy (non-hydrogen) atoms. The third-order valence-electron chi connectivity index (χ3n) is 3.00. The second-order valence-corrected chi connectivity index (χ2v) is 6.37. The molecule has 1 nitrogen and oxygen atoms in total. The number of hydrogen-bond acceptors (Lipinski definition) is 3. The van der Waals surface area contributed by atoms with Gasteiger partial charge in [-0.05, 0) is 57.2 Å². The van der Waals surface area contributed by atoms with Gasteiger partial charge in [-0.25, -0.2) is 0 Å². The largest absolute Gasteiger partial charge is 0.494 e. The molecule has 0 aliphatic rings. The van der Waals surface area contributed by atoms with Gasteiger partial charge in [0.15, 0.2) is 0 Å². The van der Waals surface area contributed by atoms with Crippen LogP contribution in [0, 0.1) is 5.92 Å². The highest BCUT2D eigenvalue weighted by atomic mass is 33.1. The first-order valence-corrected chi connectivity index (χ1v) is 8.66. The summed E-state index contributed by atoms with van der Waals surface area (Å²) in [6.45, 7) is 7.39. The SMILES string of the molecule is CC(C)=CCCC(C)CCOc1cccc(SS)c1. The Balaban J connectivity index is 2.23. The van der Waals surface area contributed by atoms with E-state index in [1.165, 1.54) is 29.2 Å². The van der Waals surface area contributed by atoms with Crippen molar-refractivity contribution >= 4 is 22.5 Å². The van der Waals surface area contributed by atoms with Gasteiger partial charge < -0.3 is 4.74 Å². The van der Waals surface area contributed by atoms with Crippen LogP contribution in [-0.2, 0) is 0 Å². The van der Waals surface area contributed by atoms with Crippen molar-refractivity contribution in [3.63, 3.8) is 0 Å². The Morgan fingerprint density at radius 1 is 1.37 bits per heavy atom. The summed E-state index contributed by atoms with van der Waals surface area (Å²) in [5.74, 6) is 1.65. The lowest BCUT2D eigenvalue weighted by molar-refractivity contribution is 0.279. The highest BCUT2D eigenvalue weighted by molar-refractivity contribution is 8.68. The van der Waals surface area contributed by atoms with E-state index in [0.717, 1.165) is 23.7 Å². The topological polar surface area (TPSA) is 9.23 Å². The Kier molecular flexibility index (Phi) is 8.15. The van der Waals surface area contributed by atoms with E-state index in [-0.39, 0.29) is 0 Å². The summed E-state index contributed by atoms with van der Waals surface area (Å²) in [4.78, 5) is 1.12. The standard InChI is InChI=1S/C16H24OS2/c1-13(2)6-4-7-14(3)10-11-17-15-8-5-9-16(12-15)19-18/h5-6,8-9,12,14,18H,4,7,10-11H2,1-3H3. The molecule has 0 saturated heterocycles. The number of rotatable bonds is 8. The molecule has 106 valence electrons. The van der Waals surface area contributed by atoms with E-state index < -0.39 is 0 Å². The molecule has 1 rings (SSSR count). The molecule has 0 aliphatic carbocycles. The van der Waals surface area contributed by atoms with E-state index in [1.54, 1.807) is 0 Å². The van der Waals surface area contributed by atoms with Crippen molar-refractivity contribution in [1.82, 2.24) is 0 Å². The third kappa shape index (κ3) is 7.58. The Labute approximate surface area is 126 Å². The molecule has 0 saturated carbocycles. The Hall–Kier alpha value is -0.540. The summed E-state index contributed by atoms with van der Waals surface area (Å²) < 4.78 is 5.78. The minimum atomic E-state index is 0.707. The zero-order valence-electron chi connectivity index (χ0n) is 12.1. The lowest BCUT2D eigenvalue weighted by Crippen LogP contribution is -2.04. The lowest BCUT2D eigenvalue weighted by Gasteiger charge is -2.12. The first-order valence-electron chi connectivity index (χ1n) is 6.79. The average Bonchev–Trinajstić information content (AvgIpc) is 2.38. The van der Waals surface area contributed by atoms with Crippen LogP contribution in [0.25, 0.3) is 0 Å². The fraction of sp³-hybridized carbons (Fsp3) is 0.500. The average molecular weight is 297 g/mol. The molecule has 0 aromatic heterocycles. The first kappa shape index (κ1) is 16.5. The number of hydrogen-bond donors (Lipinski definition) is 1. The first-order chi connectivity index (χ1) is 9.11. The quantitative estimate of drug-likeness (QED) is 0.370. The molecule has 0 radical (unpaired) electrons. The summed E-state index contributed by atoms with van der Waals surface area (Å²) in [5, 5.41) is 0. The molecule has 0 amide bonds. The van der Waals surface area contributed by atoms with Gasteiger partial charge in [0.25, 0.3) is 0 Å². The van der Waals surface area contributed by atoms with Gasteiger partial charge in [-0.3, -0.25) is 0 Å². The molecule has 1 aromatic carbocycles. The monoisotopic (exact) mass is 296 g/mol. The molecule has 0 bridgehead atoms. The fourth-order valence-electron chi connectivity index (χ4n) is 1.80. The number of allylic oxidation sites excluding steroid dienone is 2. The van der Waals surface area contributed by atoms with Crippen molar-refractivity contribution in [2.75, 3.05) is 6.61 Å². The van der Waals surface area contributed by atoms with E-state index in [0.29, 0.717) is 5.92 Å². The van der Waals surface area contributed by atoms with E-state index in [9.17, 15) is 0 Å². The van der Waals surface area contributed by atoms with Gasteiger partial charge in [-0.1, -0.05) is 35.4 Å². The summed E-state index contributed by atoms with van der Waals surface area (Å²) >= 11 is 4.19. The molecule has 0 spiro atoms. The number of thiol groups is 1. The van der Waals surface area contributed by atoms with Gasteiger partial charge in [-0.2, -0.15) is 0 Å². The maximum absolute atomic E-state index is 5.78. The van der Waals surface area contributed by atoms with Crippen LogP contribution >= 0.6 is 22.5 Å². The summed E-state index contributed by atoms with van der Waals surface area (Å²) in [5.41, 5.74) is 1.41. The van der Waals surface area contributed by atoms with Gasteiger partial charge in [0, 0.05) is 4.90 Å². The number of ether oxygens (including phenoxy) is 1. The molecule has 0 N–H and O–H groups in total. The molecule has 1 unspecified atom stereocenters. The predicted octanol–water partition coefficient (Wildman–Crippen LogP) is 5.77. The van der Waals surface area contributed by atoms with Crippen molar-refractivity contribution in [3.8, 4) is 5.75 Å². The molecule has 3 heteroatoms. The van der Waals surface area contributed by atoms with Crippen LogP contribution in [0.1, 0.15) is 40.0 Å². The van der Waals surface area contributed by atoms with Crippen LogP contribution in [0.5, 0.6) is 5.75 Å². The van der Waals surface area contributed by atoms with E-state index in [2.05, 4.69) is 38.5 Å². The van der Waals surface area contributed by atoms with Crippen LogP contribution in [0.2, 0.25) is 0 Å². The van der Waals surface area contributed by atoms with Crippen molar-refractivity contribution in [1.29, 1.82) is 0 Å². The van der Waals surface area contributed by atoms with Gasteiger partial charge >= 0.3 is 0 Å². The van der Waals surface area contributed by atoms with Crippen LogP contribution in [0.3, 0.4) is 0 Å². The second kappa shape index (κ2) is 9.38. The van der Waals surface area contributed by atoms with Crippen LogP contribution < -0.4 is 4.74 Å². The van der Waals surface area contributed by atoms with Crippen molar-refractivity contribution in [3.05, 3.63) is 35.9 Å². The molecular weight excluding hydrogens is 272 g/mol. The maximum Gasteiger partial charge on any atom is 0.120 e. The summed E-state index contributed by atoms with van der Waals surface area (Å²) in [6, 6.07) is 8.07. The zero-order valence-corrected chi connectivity index (χ0v) is 13.8. The Morgan fingerprint density at radius 2 is 2.16 bits per heavy atom. The second-order valence-electron chi connectivity index (χ2n) is 5.17. The van der Waals surface area contributed by atoms with Crippen LogP contribution in [0.4, 0.5) is 0 Å². The van der Waals surface area contributed by atoms with Crippen molar-refractivity contribution in [2.24, 2.45) is 5.92 Å². The minimum Gasteiger partial charge on any atom is -0.494 e. The normalized spacial score (nSPS) is 12.0. The molecule has 0 heterocycles. The Morgan fingerprint density at radius 3 is 2.84 bits per heavy atom. The van der Waals surface area contributed by atoms with E-state index >= 15 is 0 Å². The third-order valence-corrected chi connectivity index (χ3v) is 4.10. The fourth-order valence-corrected chi connectivity index (χ4v) is 2.45. The van der Waals surface area contributed by atoms with Crippen LogP contribution in [0.15, 0.2) is 40.8 Å². The summed E-state index contributed by atoms with van der Waals surface area (Å²) in [6.07, 6.45) is 5.83. The van der Waals surface area contributed by atoms with Crippen molar-refractivity contribution < 1.29 is 4.74 Å². The van der Waals surface area contributed by atoms with Gasteiger partial charge in [0.2, 0.25) is 0 Å². The molecule has 1 aromatic rings. The maximum atomic E-state index is 5.78. The predicted molar refractivity (Wildman–Crippen MR) is 89.2 cm³/mol. The molecular formula is C16H24OS2. The highest BCUT2D eigenvalue weighted by Gasteiger charge is 2.02. The van der Waals surface area contributed by atoms with Gasteiger partial charge in [-0.15, -0.1) is 11.7 Å². The van der Waals surface area contributed by atoms with Gasteiger partial charge in [0.05, 0.1) is 6.61 Å². The minimum absolute atomic E-state index is 0.707. The van der Waals surface area contributed by atoms with E-state index in [1.807, 2.05) is 24.3 Å². The number of benzene rings is 1. The molecule has 1 atom stereocenters. The van der Waals surface area contributed by atoms with Crippen molar-refractivity contribution in [2.45, 2.75) is 44.9 Å². The zero-order chi connectivity index (χ0) is 14.1. The van der Waals surface area contributed by atoms with Gasteiger partial charge in [0.1, 0.15) is 5.75 Å². The van der Waals surface area contributed by atoms with E-state index in [4.69, 9.17) is 4.74 Å².